The lowest BCUT2D eigenvalue weighted by Crippen LogP contribution is -2.18. The van der Waals surface area contributed by atoms with E-state index < -0.39 is 0 Å². The van der Waals surface area contributed by atoms with Crippen molar-refractivity contribution in [3.05, 3.63) is 115 Å². The van der Waals surface area contributed by atoms with Gasteiger partial charge in [0.25, 0.3) is 0 Å². The molecule has 68 heavy (non-hydrogen) atoms. The molecule has 0 fully saturated rings. The Kier molecular flexibility index (Phi) is 18.2. The summed E-state index contributed by atoms with van der Waals surface area (Å²) in [5.74, 6) is 3.70. The molecule has 0 spiro atoms. The summed E-state index contributed by atoms with van der Waals surface area (Å²) < 4.78 is 52.1. The first-order valence-corrected chi connectivity index (χ1v) is 25.6. The van der Waals surface area contributed by atoms with Crippen LogP contribution in [-0.4, -0.2) is 79.3 Å². The molecule has 1 aliphatic heterocycles. The first kappa shape index (κ1) is 53.3. The molecule has 2 aliphatic rings. The summed E-state index contributed by atoms with van der Waals surface area (Å²) in [4.78, 5) is 0. The van der Waals surface area contributed by atoms with Crippen LogP contribution >= 0.6 is 0 Å². The Morgan fingerprint density at radius 1 is 0.338 bits per heavy atom. The summed E-state index contributed by atoms with van der Waals surface area (Å²) in [5, 5.41) is 0. The van der Waals surface area contributed by atoms with Crippen LogP contribution in [0.2, 0.25) is 0 Å². The van der Waals surface area contributed by atoms with Crippen LogP contribution in [-0.2, 0) is 66.3 Å². The Labute approximate surface area is 411 Å². The molecule has 6 rings (SSSR count). The predicted molar refractivity (Wildman–Crippen MR) is 278 cm³/mol. The number of ether oxygens (including phenoxy) is 8. The Balaban J connectivity index is 1.75. The van der Waals surface area contributed by atoms with Crippen molar-refractivity contribution in [1.29, 1.82) is 0 Å². The van der Waals surface area contributed by atoms with Crippen molar-refractivity contribution < 1.29 is 37.9 Å². The maximum Gasteiger partial charge on any atom is 0.126 e. The average molecular weight is 935 g/mol. The minimum Gasteiger partial charge on any atom is -0.493 e. The maximum atomic E-state index is 7.07. The van der Waals surface area contributed by atoms with Crippen LogP contribution in [0, 0.1) is 0 Å². The molecule has 0 amide bonds. The van der Waals surface area contributed by atoms with Gasteiger partial charge in [0.05, 0.1) is 66.1 Å². The zero-order valence-electron chi connectivity index (χ0n) is 44.6. The van der Waals surface area contributed by atoms with Gasteiger partial charge in [0.1, 0.15) is 36.2 Å². The van der Waals surface area contributed by atoms with Gasteiger partial charge < -0.3 is 37.9 Å². The third kappa shape index (κ3) is 14.3. The van der Waals surface area contributed by atoms with Crippen LogP contribution in [0.1, 0.15) is 177 Å². The van der Waals surface area contributed by atoms with Crippen LogP contribution in [0.15, 0.2) is 48.5 Å². The van der Waals surface area contributed by atoms with Gasteiger partial charge in [-0.15, -0.1) is 0 Å². The Bertz CT molecular complexity index is 2020. The lowest BCUT2D eigenvalue weighted by Gasteiger charge is -2.29. The summed E-state index contributed by atoms with van der Waals surface area (Å²) in [7, 11) is 0. The van der Waals surface area contributed by atoms with Crippen molar-refractivity contribution in [3.63, 3.8) is 0 Å². The largest absolute Gasteiger partial charge is 0.493 e. The van der Waals surface area contributed by atoms with E-state index in [1.165, 1.54) is 22.3 Å². The van der Waals surface area contributed by atoms with E-state index in [0.29, 0.717) is 105 Å². The van der Waals surface area contributed by atoms with Crippen LogP contribution in [0.5, 0.6) is 23.0 Å². The zero-order chi connectivity index (χ0) is 49.3. The van der Waals surface area contributed by atoms with Crippen molar-refractivity contribution >= 4 is 0 Å². The molecular formula is C60H86O8. The Hall–Kier alpha value is -4.08. The van der Waals surface area contributed by atoms with Gasteiger partial charge in [-0.1, -0.05) is 145 Å². The monoisotopic (exact) mass is 935 g/mol. The molecule has 1 aliphatic carbocycles. The van der Waals surface area contributed by atoms with Gasteiger partial charge in [-0.2, -0.15) is 0 Å². The quantitative estimate of drug-likeness (QED) is 0.167. The highest BCUT2D eigenvalue weighted by Crippen LogP contribution is 2.44. The van der Waals surface area contributed by atoms with Gasteiger partial charge in [-0.25, -0.2) is 0 Å². The second-order valence-corrected chi connectivity index (χ2v) is 23.0. The van der Waals surface area contributed by atoms with Crippen LogP contribution in [0.4, 0.5) is 0 Å². The standard InChI is InChI=1S/C60H86O8/c1-15-17-65-53-41-29-45-37-51(59(9,10)11)39-47-31-43-35-50(58(6,7)8)36-44(54(43)66-18-16-2)32-48-40-52(60(12,13)14)38-46(30-42(53)34-49(33-41)57(3,4)5)56(48)68-28-26-64-24-22-62-20-19-61-21-23-63-25-27-67-55(45)47/h33-40H,15-32H2,1-14H3. The van der Waals surface area contributed by atoms with Crippen LogP contribution in [0.25, 0.3) is 0 Å². The molecule has 0 saturated heterocycles. The molecule has 4 aromatic carbocycles. The number of hydrogen-bond acceptors (Lipinski definition) is 8. The molecule has 0 radical (unpaired) electrons. The summed E-state index contributed by atoms with van der Waals surface area (Å²) in [6.45, 7) is 37.8. The SMILES string of the molecule is CCCOc1c2cc(C(C)(C)C)cc1Cc1cc(C(C)(C)C)cc3c1OCCOCCOCCOCCOCCOc1c(cc(C(C)(C)C)cc1Cc1cc(C(C)(C)C)cc(c1OCCC)C3)C2. The second kappa shape index (κ2) is 23.2. The third-order valence-electron chi connectivity index (χ3n) is 12.9. The van der Waals surface area contributed by atoms with Crippen LogP contribution in [0.3, 0.4) is 0 Å². The fraction of sp³-hybridized carbons (Fsp3) is 0.600. The summed E-state index contributed by atoms with van der Waals surface area (Å²) >= 11 is 0. The smallest absolute Gasteiger partial charge is 0.126 e. The summed E-state index contributed by atoms with van der Waals surface area (Å²) in [5.41, 5.74) is 13.7. The first-order chi connectivity index (χ1) is 32.2. The maximum absolute atomic E-state index is 7.07. The normalized spacial score (nSPS) is 16.4. The lowest BCUT2D eigenvalue weighted by molar-refractivity contribution is -0.00706. The molecule has 0 aromatic heterocycles. The zero-order valence-corrected chi connectivity index (χ0v) is 44.6. The van der Waals surface area contributed by atoms with E-state index in [9.17, 15) is 0 Å². The highest BCUT2D eigenvalue weighted by atomic mass is 16.6. The second-order valence-electron chi connectivity index (χ2n) is 23.0. The molecular weight excluding hydrogens is 849 g/mol. The average Bonchev–Trinajstić information content (AvgIpc) is 3.24. The molecule has 8 heteroatoms. The van der Waals surface area contributed by atoms with E-state index in [2.05, 4.69) is 145 Å². The van der Waals surface area contributed by atoms with E-state index >= 15 is 0 Å². The van der Waals surface area contributed by atoms with Gasteiger partial charge in [0, 0.05) is 25.7 Å². The fourth-order valence-corrected chi connectivity index (χ4v) is 8.94. The third-order valence-corrected chi connectivity index (χ3v) is 12.9. The highest BCUT2D eigenvalue weighted by molar-refractivity contribution is 5.60. The molecule has 0 N–H and O–H groups in total. The highest BCUT2D eigenvalue weighted by Gasteiger charge is 2.29. The minimum absolute atomic E-state index is 0.130. The van der Waals surface area contributed by atoms with Gasteiger partial charge in [-0.05, 0) is 101 Å². The molecule has 8 nitrogen and oxygen atoms in total. The van der Waals surface area contributed by atoms with Gasteiger partial charge in [0.2, 0.25) is 0 Å². The topological polar surface area (TPSA) is 73.8 Å². The number of benzene rings is 4. The van der Waals surface area contributed by atoms with Crippen molar-refractivity contribution in [1.82, 2.24) is 0 Å². The Morgan fingerprint density at radius 3 is 0.779 bits per heavy atom. The van der Waals surface area contributed by atoms with Crippen LogP contribution < -0.4 is 18.9 Å². The van der Waals surface area contributed by atoms with Gasteiger partial charge in [0.15, 0.2) is 0 Å². The minimum atomic E-state index is -0.134. The van der Waals surface area contributed by atoms with Crippen molar-refractivity contribution in [2.24, 2.45) is 0 Å². The fourth-order valence-electron chi connectivity index (χ4n) is 8.94. The molecule has 0 saturated carbocycles. The van der Waals surface area contributed by atoms with Crippen molar-refractivity contribution in [2.45, 2.75) is 157 Å². The van der Waals surface area contributed by atoms with E-state index in [4.69, 9.17) is 37.9 Å². The van der Waals surface area contributed by atoms with Gasteiger partial charge >= 0.3 is 0 Å². The van der Waals surface area contributed by atoms with E-state index in [0.717, 1.165) is 80.3 Å². The van der Waals surface area contributed by atoms with Crippen molar-refractivity contribution in [3.8, 4) is 23.0 Å². The predicted octanol–water partition coefficient (Wildman–Crippen LogP) is 13.0. The summed E-state index contributed by atoms with van der Waals surface area (Å²) in [6.07, 6.45) is 4.28. The molecule has 1 heterocycles. The van der Waals surface area contributed by atoms with Gasteiger partial charge in [-0.3, -0.25) is 0 Å². The summed E-state index contributed by atoms with van der Waals surface area (Å²) in [6, 6.07) is 19.1. The van der Waals surface area contributed by atoms with Crippen molar-refractivity contribution in [2.75, 3.05) is 79.3 Å². The number of hydrogen-bond donors (Lipinski definition) is 0. The number of rotatable bonds is 6. The Morgan fingerprint density at radius 2 is 0.559 bits per heavy atom. The van der Waals surface area contributed by atoms with E-state index in [1.807, 2.05) is 0 Å². The lowest BCUT2D eigenvalue weighted by atomic mass is 9.79. The molecule has 10 bridgehead atoms. The van der Waals surface area contributed by atoms with E-state index in [-0.39, 0.29) is 21.7 Å². The molecule has 0 atom stereocenters. The van der Waals surface area contributed by atoms with E-state index in [1.54, 1.807) is 0 Å². The first-order valence-electron chi connectivity index (χ1n) is 25.6. The molecule has 374 valence electrons. The number of fused-ring (bicyclic) bond motifs is 2. The molecule has 0 unspecified atom stereocenters. The molecule has 4 aromatic rings.